The molecule has 5 heteroatoms. The van der Waals surface area contributed by atoms with Gasteiger partial charge in [0.15, 0.2) is 11.6 Å². The van der Waals surface area contributed by atoms with E-state index in [2.05, 4.69) is 6.92 Å². The maximum absolute atomic E-state index is 14.1. The Labute approximate surface area is 140 Å². The highest BCUT2D eigenvalue weighted by Gasteiger charge is 2.23. The van der Waals surface area contributed by atoms with E-state index in [1.165, 1.54) is 37.8 Å². The zero-order valence-electron chi connectivity index (χ0n) is 13.9. The van der Waals surface area contributed by atoms with Crippen molar-refractivity contribution < 1.29 is 22.3 Å². The molecular formula is C19H24F4O. The van der Waals surface area contributed by atoms with Gasteiger partial charge in [-0.1, -0.05) is 25.8 Å². The lowest BCUT2D eigenvalue weighted by molar-refractivity contribution is -0.0801. The largest absolute Gasteiger partial charge is 0.486 e. The molecule has 0 heterocycles. The Hall–Kier alpha value is -1.52. The van der Waals surface area contributed by atoms with Crippen molar-refractivity contribution in [3.8, 4) is 5.75 Å². The maximum Gasteiger partial charge on any atom is 0.409 e. The van der Waals surface area contributed by atoms with E-state index in [1.807, 2.05) is 6.07 Å². The zero-order valence-corrected chi connectivity index (χ0v) is 13.9. The summed E-state index contributed by atoms with van der Waals surface area (Å²) in [6.07, 6.45) is 3.52. The Balaban J connectivity index is 1.89. The van der Waals surface area contributed by atoms with Gasteiger partial charge >= 0.3 is 6.18 Å². The fraction of sp³-hybridized carbons (Fsp3) is 0.579. The first-order chi connectivity index (χ1) is 11.4. The van der Waals surface area contributed by atoms with Crippen molar-refractivity contribution in [1.29, 1.82) is 0 Å². The predicted octanol–water partition coefficient (Wildman–Crippen LogP) is 6.40. The lowest BCUT2D eigenvalue weighted by atomic mass is 9.77. The summed E-state index contributed by atoms with van der Waals surface area (Å²) < 4.78 is 55.1. The van der Waals surface area contributed by atoms with E-state index < -0.39 is 12.0 Å². The van der Waals surface area contributed by atoms with Crippen molar-refractivity contribution in [2.75, 3.05) is 6.61 Å². The first-order valence-corrected chi connectivity index (χ1v) is 8.55. The van der Waals surface area contributed by atoms with Gasteiger partial charge in [-0.05, 0) is 61.3 Å². The molecule has 0 bridgehead atoms. The molecule has 0 atom stereocenters. The molecule has 0 radical (unpaired) electrons. The van der Waals surface area contributed by atoms with Gasteiger partial charge in [-0.2, -0.15) is 13.2 Å². The molecule has 2 rings (SSSR count). The minimum Gasteiger partial charge on any atom is -0.486 e. The highest BCUT2D eigenvalue weighted by atomic mass is 19.4. The Morgan fingerprint density at radius 3 is 2.46 bits per heavy atom. The van der Waals surface area contributed by atoms with Gasteiger partial charge in [0.1, 0.15) is 6.61 Å². The van der Waals surface area contributed by atoms with Crippen LogP contribution in [0.2, 0.25) is 0 Å². The van der Waals surface area contributed by atoms with Gasteiger partial charge in [0, 0.05) is 6.08 Å². The molecule has 1 aromatic carbocycles. The quantitative estimate of drug-likeness (QED) is 0.429. The number of ether oxygens (including phenoxy) is 1. The number of allylic oxidation sites excluding steroid dienone is 1. The van der Waals surface area contributed by atoms with E-state index in [9.17, 15) is 17.6 Å². The second-order valence-corrected chi connectivity index (χ2v) is 6.45. The molecule has 0 spiro atoms. The van der Waals surface area contributed by atoms with Crippen LogP contribution in [0.15, 0.2) is 30.4 Å². The highest BCUT2D eigenvalue weighted by Crippen LogP contribution is 2.38. The van der Waals surface area contributed by atoms with E-state index in [0.29, 0.717) is 5.92 Å². The number of halogens is 4. The Morgan fingerprint density at radius 2 is 1.88 bits per heavy atom. The van der Waals surface area contributed by atoms with Crippen LogP contribution in [0.3, 0.4) is 0 Å². The van der Waals surface area contributed by atoms with Crippen LogP contribution < -0.4 is 4.74 Å². The number of rotatable bonds is 6. The molecule has 1 fully saturated rings. The summed E-state index contributed by atoms with van der Waals surface area (Å²) >= 11 is 0. The molecule has 1 aromatic rings. The summed E-state index contributed by atoms with van der Waals surface area (Å²) in [5.41, 5.74) is 0.959. The maximum atomic E-state index is 14.1. The molecule has 0 aromatic heterocycles. The molecule has 0 amide bonds. The summed E-state index contributed by atoms with van der Waals surface area (Å²) in [7, 11) is 0. The van der Waals surface area contributed by atoms with Crippen LogP contribution in [0.5, 0.6) is 5.75 Å². The molecule has 0 saturated heterocycles. The third-order valence-corrected chi connectivity index (χ3v) is 4.61. The van der Waals surface area contributed by atoms with Crippen LogP contribution in [-0.2, 0) is 0 Å². The zero-order chi connectivity index (χ0) is 17.6. The summed E-state index contributed by atoms with van der Waals surface area (Å²) in [6, 6.07) is 4.81. The minimum atomic E-state index is -4.37. The number of alkyl halides is 3. The standard InChI is InChI=1S/C19H24F4O/c1-2-4-14-5-7-15(8-6-14)16-9-10-18(17(20)13-16)24-12-3-11-19(21,22)23/h3,9-11,13-15H,2,4-8,12H2,1H3/b11-3+/t14-,15-. The summed E-state index contributed by atoms with van der Waals surface area (Å²) in [4.78, 5) is 0. The molecule has 1 aliphatic rings. The van der Waals surface area contributed by atoms with E-state index in [0.717, 1.165) is 30.4 Å². The van der Waals surface area contributed by atoms with Gasteiger partial charge in [0.25, 0.3) is 0 Å². The number of hydrogen-bond acceptors (Lipinski definition) is 1. The molecule has 1 nitrogen and oxygen atoms in total. The van der Waals surface area contributed by atoms with Crippen molar-refractivity contribution in [2.24, 2.45) is 5.92 Å². The fourth-order valence-corrected chi connectivity index (χ4v) is 3.40. The monoisotopic (exact) mass is 344 g/mol. The van der Waals surface area contributed by atoms with Crippen LogP contribution in [0, 0.1) is 11.7 Å². The Kier molecular flexibility index (Phi) is 6.69. The second kappa shape index (κ2) is 8.54. The smallest absolute Gasteiger partial charge is 0.409 e. The van der Waals surface area contributed by atoms with Crippen molar-refractivity contribution in [3.05, 3.63) is 41.7 Å². The Bertz CT molecular complexity index is 543. The molecular weight excluding hydrogens is 320 g/mol. The van der Waals surface area contributed by atoms with Crippen molar-refractivity contribution >= 4 is 0 Å². The van der Waals surface area contributed by atoms with E-state index in [1.54, 1.807) is 0 Å². The van der Waals surface area contributed by atoms with Crippen molar-refractivity contribution in [2.45, 2.75) is 57.5 Å². The predicted molar refractivity (Wildman–Crippen MR) is 86.7 cm³/mol. The highest BCUT2D eigenvalue weighted by molar-refractivity contribution is 5.31. The lowest BCUT2D eigenvalue weighted by Gasteiger charge is -2.28. The second-order valence-electron chi connectivity index (χ2n) is 6.45. The molecule has 24 heavy (non-hydrogen) atoms. The SMILES string of the molecule is CCC[C@H]1CC[C@H](c2ccc(OC/C=C/C(F)(F)F)c(F)c2)CC1. The van der Waals surface area contributed by atoms with E-state index >= 15 is 0 Å². The lowest BCUT2D eigenvalue weighted by Crippen LogP contribution is -2.13. The van der Waals surface area contributed by atoms with Gasteiger partial charge in [0.2, 0.25) is 0 Å². The summed E-state index contributed by atoms with van der Waals surface area (Å²) in [6.45, 7) is 1.89. The molecule has 0 unspecified atom stereocenters. The molecule has 0 aliphatic heterocycles. The first-order valence-electron chi connectivity index (χ1n) is 8.55. The van der Waals surface area contributed by atoms with Crippen LogP contribution in [0.1, 0.15) is 56.9 Å². The average Bonchev–Trinajstić information content (AvgIpc) is 2.53. The van der Waals surface area contributed by atoms with Gasteiger partial charge in [-0.3, -0.25) is 0 Å². The number of hydrogen-bond donors (Lipinski definition) is 0. The van der Waals surface area contributed by atoms with Gasteiger partial charge in [-0.25, -0.2) is 4.39 Å². The third kappa shape index (κ3) is 5.84. The molecule has 0 N–H and O–H groups in total. The molecule has 1 aliphatic carbocycles. The van der Waals surface area contributed by atoms with Gasteiger partial charge in [-0.15, -0.1) is 0 Å². The van der Waals surface area contributed by atoms with Gasteiger partial charge in [0.05, 0.1) is 0 Å². The van der Waals surface area contributed by atoms with E-state index in [-0.39, 0.29) is 18.4 Å². The summed E-state index contributed by atoms with van der Waals surface area (Å²) in [5, 5.41) is 0. The van der Waals surface area contributed by atoms with Crippen LogP contribution in [0.25, 0.3) is 0 Å². The minimum absolute atomic E-state index is 0.00903. The fourth-order valence-electron chi connectivity index (χ4n) is 3.40. The van der Waals surface area contributed by atoms with E-state index in [4.69, 9.17) is 4.74 Å². The van der Waals surface area contributed by atoms with Crippen molar-refractivity contribution in [1.82, 2.24) is 0 Å². The average molecular weight is 344 g/mol. The van der Waals surface area contributed by atoms with Crippen molar-refractivity contribution in [3.63, 3.8) is 0 Å². The first kappa shape index (κ1) is 18.8. The summed E-state index contributed by atoms with van der Waals surface area (Å²) in [5.74, 6) is 0.639. The van der Waals surface area contributed by atoms with Crippen LogP contribution >= 0.6 is 0 Å². The van der Waals surface area contributed by atoms with Gasteiger partial charge < -0.3 is 4.74 Å². The Morgan fingerprint density at radius 1 is 1.17 bits per heavy atom. The van der Waals surface area contributed by atoms with Crippen LogP contribution in [-0.4, -0.2) is 12.8 Å². The third-order valence-electron chi connectivity index (χ3n) is 4.61. The molecule has 134 valence electrons. The molecule has 1 saturated carbocycles. The normalized spacial score (nSPS) is 22.0. The topological polar surface area (TPSA) is 9.23 Å². The number of benzene rings is 1. The van der Waals surface area contributed by atoms with Crippen LogP contribution in [0.4, 0.5) is 17.6 Å².